The summed E-state index contributed by atoms with van der Waals surface area (Å²) in [7, 11) is 1.51. The summed E-state index contributed by atoms with van der Waals surface area (Å²) in [4.78, 5) is 19.3. The Morgan fingerprint density at radius 2 is 2.07 bits per heavy atom. The lowest BCUT2D eigenvalue weighted by molar-refractivity contribution is 0.0999. The molecule has 1 unspecified atom stereocenters. The third-order valence-electron chi connectivity index (χ3n) is 4.52. The van der Waals surface area contributed by atoms with Crippen molar-refractivity contribution in [3.63, 3.8) is 0 Å². The maximum absolute atomic E-state index is 13.2. The van der Waals surface area contributed by atoms with Gasteiger partial charge in [0.25, 0.3) is 5.91 Å². The largest absolute Gasteiger partial charge is 0.496 e. The van der Waals surface area contributed by atoms with E-state index in [9.17, 15) is 9.18 Å². The Morgan fingerprint density at radius 3 is 2.75 bits per heavy atom. The van der Waals surface area contributed by atoms with E-state index < -0.39 is 0 Å². The van der Waals surface area contributed by atoms with Crippen molar-refractivity contribution >= 4 is 34.4 Å². The second-order valence-corrected chi connectivity index (χ2v) is 8.11. The van der Waals surface area contributed by atoms with Crippen LogP contribution in [0.2, 0.25) is 5.02 Å². The van der Waals surface area contributed by atoms with Crippen LogP contribution in [0, 0.1) is 5.82 Å². The lowest BCUT2D eigenvalue weighted by atomic mass is 10.1. The summed E-state index contributed by atoms with van der Waals surface area (Å²) in [5, 5.41) is 1.23. The first-order valence-corrected chi connectivity index (χ1v) is 10.4. The highest BCUT2D eigenvalue weighted by molar-refractivity contribution is 8.14. The van der Waals surface area contributed by atoms with Gasteiger partial charge in [-0.25, -0.2) is 4.39 Å². The summed E-state index contributed by atoms with van der Waals surface area (Å²) >= 11 is 7.57. The number of carbonyl (C=O) groups is 1. The van der Waals surface area contributed by atoms with Gasteiger partial charge in [0.05, 0.1) is 17.9 Å². The van der Waals surface area contributed by atoms with Crippen molar-refractivity contribution in [2.24, 2.45) is 4.99 Å². The molecule has 1 aliphatic heterocycles. The molecule has 1 aliphatic rings. The van der Waals surface area contributed by atoms with Crippen molar-refractivity contribution in [1.82, 2.24) is 4.90 Å². The first-order chi connectivity index (χ1) is 13.5. The van der Waals surface area contributed by atoms with Crippen LogP contribution in [0.25, 0.3) is 0 Å². The lowest BCUT2D eigenvalue weighted by Crippen LogP contribution is -2.26. The van der Waals surface area contributed by atoms with Gasteiger partial charge in [-0.1, -0.05) is 48.8 Å². The molecule has 4 nitrogen and oxygen atoms in total. The average Bonchev–Trinajstić information content (AvgIpc) is 3.09. The number of nitrogens with zero attached hydrogens (tertiary/aromatic N) is 2. The number of amidine groups is 1. The van der Waals surface area contributed by atoms with Crippen LogP contribution >= 0.6 is 23.4 Å². The number of halogens is 2. The molecule has 0 aliphatic carbocycles. The molecule has 1 amide bonds. The highest BCUT2D eigenvalue weighted by Gasteiger charge is 2.30. The Hall–Kier alpha value is -2.05. The van der Waals surface area contributed by atoms with Crippen molar-refractivity contribution < 1.29 is 13.9 Å². The molecule has 0 radical (unpaired) electrons. The first-order valence-electron chi connectivity index (χ1n) is 9.15. The summed E-state index contributed by atoms with van der Waals surface area (Å²) in [5.41, 5.74) is 1.36. The number of hydrogen-bond donors (Lipinski definition) is 0. The van der Waals surface area contributed by atoms with E-state index in [-0.39, 0.29) is 17.0 Å². The van der Waals surface area contributed by atoms with Gasteiger partial charge < -0.3 is 9.64 Å². The topological polar surface area (TPSA) is 41.9 Å². The zero-order valence-corrected chi connectivity index (χ0v) is 17.4. The number of rotatable bonds is 6. The highest BCUT2D eigenvalue weighted by atomic mass is 35.5. The van der Waals surface area contributed by atoms with Crippen molar-refractivity contribution in [2.45, 2.75) is 25.0 Å². The predicted molar refractivity (Wildman–Crippen MR) is 113 cm³/mol. The third-order valence-corrected chi connectivity index (χ3v) is 6.02. The molecule has 1 heterocycles. The van der Waals surface area contributed by atoms with E-state index in [0.29, 0.717) is 21.5 Å². The number of methoxy groups -OCH3 is 1. The summed E-state index contributed by atoms with van der Waals surface area (Å²) in [6, 6.07) is 11.4. The van der Waals surface area contributed by atoms with Crippen LogP contribution in [-0.2, 0) is 0 Å². The maximum Gasteiger partial charge on any atom is 0.283 e. The molecule has 0 aromatic heterocycles. The average molecular weight is 421 g/mol. The zero-order valence-electron chi connectivity index (χ0n) is 15.8. The fraction of sp³-hybridized carbons (Fsp3) is 0.333. The monoisotopic (exact) mass is 420 g/mol. The molecule has 2 aromatic rings. The standard InChI is InChI=1S/C21H22ClFN2O2S/c1-3-4-11-25-13-19(14-5-8-16(23)9-6-14)28-21(25)24-20(26)17-12-15(22)7-10-18(17)27-2/h5-10,12,19H,3-4,11,13H2,1-2H3/b24-21-. The van der Waals surface area contributed by atoms with Gasteiger partial charge in [-0.2, -0.15) is 4.99 Å². The third kappa shape index (κ3) is 4.86. The molecule has 1 saturated heterocycles. The van der Waals surface area contributed by atoms with Gasteiger partial charge in [-0.3, -0.25) is 4.79 Å². The number of carbonyl (C=O) groups excluding carboxylic acids is 1. The minimum atomic E-state index is -0.386. The Labute approximate surface area is 173 Å². The molecule has 3 rings (SSSR count). The molecular formula is C21H22ClFN2O2S. The molecule has 148 valence electrons. The smallest absolute Gasteiger partial charge is 0.283 e. The molecule has 1 atom stereocenters. The summed E-state index contributed by atoms with van der Waals surface area (Å²) < 4.78 is 18.5. The zero-order chi connectivity index (χ0) is 20.1. The Bertz CT molecular complexity index is 873. The van der Waals surface area contributed by atoms with Crippen molar-refractivity contribution in [3.8, 4) is 5.75 Å². The molecule has 0 saturated carbocycles. The lowest BCUT2D eigenvalue weighted by Gasteiger charge is -2.17. The summed E-state index contributed by atoms with van der Waals surface area (Å²) in [6.45, 7) is 3.68. The van der Waals surface area contributed by atoms with E-state index in [1.165, 1.54) is 31.0 Å². The van der Waals surface area contributed by atoms with E-state index >= 15 is 0 Å². The molecule has 28 heavy (non-hydrogen) atoms. The van der Waals surface area contributed by atoms with E-state index in [1.54, 1.807) is 30.3 Å². The number of amides is 1. The van der Waals surface area contributed by atoms with Crippen LogP contribution in [-0.4, -0.2) is 36.2 Å². The van der Waals surface area contributed by atoms with Gasteiger partial charge in [0.1, 0.15) is 11.6 Å². The number of thioether (sulfide) groups is 1. The maximum atomic E-state index is 13.2. The molecule has 7 heteroatoms. The minimum absolute atomic E-state index is 0.102. The van der Waals surface area contributed by atoms with Crippen LogP contribution in [0.15, 0.2) is 47.5 Å². The Kier molecular flexibility index (Phi) is 6.97. The van der Waals surface area contributed by atoms with Gasteiger partial charge in [0.15, 0.2) is 5.17 Å². The molecule has 0 bridgehead atoms. The molecule has 1 fully saturated rings. The second kappa shape index (κ2) is 9.43. The fourth-order valence-electron chi connectivity index (χ4n) is 3.00. The number of ether oxygens (including phenoxy) is 1. The van der Waals surface area contributed by atoms with E-state index in [0.717, 1.165) is 31.5 Å². The molecule has 2 aromatic carbocycles. The summed E-state index contributed by atoms with van der Waals surface area (Å²) in [5.74, 6) is -0.202. The van der Waals surface area contributed by atoms with Gasteiger partial charge in [0, 0.05) is 18.1 Å². The minimum Gasteiger partial charge on any atom is -0.496 e. The van der Waals surface area contributed by atoms with Crippen molar-refractivity contribution in [3.05, 3.63) is 64.4 Å². The van der Waals surface area contributed by atoms with Crippen LogP contribution in [0.3, 0.4) is 0 Å². The molecule has 0 N–H and O–H groups in total. The van der Waals surface area contributed by atoms with E-state index in [1.807, 2.05) is 0 Å². The number of hydrogen-bond acceptors (Lipinski definition) is 3. The number of aliphatic imine (C=N–C) groups is 1. The van der Waals surface area contributed by atoms with Gasteiger partial charge in [-0.15, -0.1) is 0 Å². The van der Waals surface area contributed by atoms with Crippen molar-refractivity contribution in [1.29, 1.82) is 0 Å². The van der Waals surface area contributed by atoms with Crippen LogP contribution < -0.4 is 4.74 Å². The number of unbranched alkanes of at least 4 members (excludes halogenated alkanes) is 1. The Balaban J connectivity index is 1.87. The second-order valence-electron chi connectivity index (χ2n) is 6.50. The molecule has 0 spiro atoms. The van der Waals surface area contributed by atoms with Gasteiger partial charge in [0.2, 0.25) is 0 Å². The van der Waals surface area contributed by atoms with Gasteiger partial charge >= 0.3 is 0 Å². The molecular weight excluding hydrogens is 399 g/mol. The van der Waals surface area contributed by atoms with Crippen molar-refractivity contribution in [2.75, 3.05) is 20.2 Å². The normalized spacial score (nSPS) is 17.9. The quantitative estimate of drug-likeness (QED) is 0.612. The van der Waals surface area contributed by atoms with Crippen LogP contribution in [0.5, 0.6) is 5.75 Å². The van der Waals surface area contributed by atoms with E-state index in [2.05, 4.69) is 16.8 Å². The highest BCUT2D eigenvalue weighted by Crippen LogP contribution is 2.39. The number of benzene rings is 2. The predicted octanol–water partition coefficient (Wildman–Crippen LogP) is 5.57. The van der Waals surface area contributed by atoms with Crippen LogP contribution in [0.1, 0.15) is 40.9 Å². The SMILES string of the molecule is CCCCN1CC(c2ccc(F)cc2)S/C1=N\C(=O)c1cc(Cl)ccc1OC. The van der Waals surface area contributed by atoms with Crippen LogP contribution in [0.4, 0.5) is 4.39 Å². The summed E-state index contributed by atoms with van der Waals surface area (Å²) in [6.07, 6.45) is 2.05. The fourth-order valence-corrected chi connectivity index (χ4v) is 4.42. The first kappa shape index (κ1) is 20.7. The Morgan fingerprint density at radius 1 is 1.32 bits per heavy atom. The van der Waals surface area contributed by atoms with E-state index in [4.69, 9.17) is 16.3 Å². The van der Waals surface area contributed by atoms with Gasteiger partial charge in [-0.05, 0) is 42.3 Å².